The summed E-state index contributed by atoms with van der Waals surface area (Å²) < 4.78 is 5.86. The molecule has 7 nitrogen and oxygen atoms in total. The second-order valence-corrected chi connectivity index (χ2v) is 7.17. The first-order valence-corrected chi connectivity index (χ1v) is 10.00. The van der Waals surface area contributed by atoms with Gasteiger partial charge in [-0.1, -0.05) is 0 Å². The number of hydrogen-bond acceptors (Lipinski definition) is 4. The molecule has 0 bridgehead atoms. The smallest absolute Gasteiger partial charge is 0.220 e. The SMILES string of the molecule is CCNC(=NCC(CCN(C)C)OCC)N1CCC(CC(=O)NC)CC1.I. The van der Waals surface area contributed by atoms with Gasteiger partial charge in [-0.15, -0.1) is 24.0 Å². The molecule has 0 aromatic carbocycles. The van der Waals surface area contributed by atoms with Crippen LogP contribution in [0.1, 0.15) is 39.5 Å². The van der Waals surface area contributed by atoms with E-state index in [4.69, 9.17) is 9.73 Å². The normalized spacial score (nSPS) is 16.8. The topological polar surface area (TPSA) is 69.2 Å². The maximum absolute atomic E-state index is 11.6. The van der Waals surface area contributed by atoms with Crippen molar-refractivity contribution in [3.8, 4) is 0 Å². The molecule has 1 unspecified atom stereocenters. The molecule has 27 heavy (non-hydrogen) atoms. The molecule has 0 saturated carbocycles. The summed E-state index contributed by atoms with van der Waals surface area (Å²) >= 11 is 0. The van der Waals surface area contributed by atoms with E-state index < -0.39 is 0 Å². The first kappa shape index (κ1) is 26.4. The molecule has 1 rings (SSSR count). The third-order valence-corrected chi connectivity index (χ3v) is 4.75. The molecule has 1 heterocycles. The molecule has 0 aromatic rings. The molecule has 2 N–H and O–H groups in total. The average molecular weight is 497 g/mol. The van der Waals surface area contributed by atoms with Gasteiger partial charge in [0.1, 0.15) is 0 Å². The number of nitrogens with one attached hydrogen (secondary N) is 2. The van der Waals surface area contributed by atoms with E-state index in [1.165, 1.54) is 0 Å². The molecule has 1 saturated heterocycles. The van der Waals surface area contributed by atoms with Gasteiger partial charge in [0, 0.05) is 46.3 Å². The molecule has 0 aliphatic carbocycles. The first-order chi connectivity index (χ1) is 12.5. The number of carbonyl (C=O) groups excluding carboxylic acids is 1. The van der Waals surface area contributed by atoms with E-state index in [1.807, 2.05) is 6.92 Å². The van der Waals surface area contributed by atoms with Crippen LogP contribution < -0.4 is 10.6 Å². The lowest BCUT2D eigenvalue weighted by atomic mass is 9.93. The Labute approximate surface area is 182 Å². The van der Waals surface area contributed by atoms with Gasteiger partial charge in [-0.25, -0.2) is 0 Å². The van der Waals surface area contributed by atoms with E-state index in [2.05, 4.69) is 41.5 Å². The number of nitrogens with zero attached hydrogens (tertiary/aromatic N) is 3. The van der Waals surface area contributed by atoms with Gasteiger partial charge in [0.05, 0.1) is 12.6 Å². The van der Waals surface area contributed by atoms with Crippen molar-refractivity contribution in [1.82, 2.24) is 20.4 Å². The molecule has 0 radical (unpaired) electrons. The average Bonchev–Trinajstić information content (AvgIpc) is 2.63. The number of halogens is 1. The van der Waals surface area contributed by atoms with Gasteiger partial charge in [-0.05, 0) is 53.1 Å². The minimum absolute atomic E-state index is 0. The monoisotopic (exact) mass is 497 g/mol. The predicted molar refractivity (Wildman–Crippen MR) is 123 cm³/mol. The van der Waals surface area contributed by atoms with Crippen LogP contribution in [0.2, 0.25) is 0 Å². The zero-order valence-corrected chi connectivity index (χ0v) is 20.1. The van der Waals surface area contributed by atoms with Crippen molar-refractivity contribution < 1.29 is 9.53 Å². The third kappa shape index (κ3) is 11.1. The van der Waals surface area contributed by atoms with Gasteiger partial charge in [0.25, 0.3) is 0 Å². The minimum atomic E-state index is 0. The predicted octanol–water partition coefficient (Wildman–Crippen LogP) is 1.77. The van der Waals surface area contributed by atoms with Crippen molar-refractivity contribution in [2.75, 3.05) is 60.5 Å². The second kappa shape index (κ2) is 15.3. The van der Waals surface area contributed by atoms with Crippen LogP contribution in [0.3, 0.4) is 0 Å². The van der Waals surface area contributed by atoms with Crippen LogP contribution in [0.25, 0.3) is 0 Å². The first-order valence-electron chi connectivity index (χ1n) is 10.00. The standard InChI is InChI=1S/C19H39N5O2.HI/c1-6-21-19(22-15-17(26-7-2)10-11-23(4)5)24-12-8-16(9-13-24)14-18(25)20-3;/h16-17H,6-15H2,1-5H3,(H,20,25)(H,21,22);1H. The third-order valence-electron chi connectivity index (χ3n) is 4.75. The quantitative estimate of drug-likeness (QED) is 0.274. The van der Waals surface area contributed by atoms with E-state index in [0.717, 1.165) is 58.0 Å². The Bertz CT molecular complexity index is 426. The summed E-state index contributed by atoms with van der Waals surface area (Å²) in [4.78, 5) is 20.9. The van der Waals surface area contributed by atoms with E-state index in [-0.39, 0.29) is 36.0 Å². The zero-order chi connectivity index (χ0) is 19.4. The van der Waals surface area contributed by atoms with Crippen LogP contribution in [-0.2, 0) is 9.53 Å². The lowest BCUT2D eigenvalue weighted by Crippen LogP contribution is -2.46. The molecule has 1 amide bonds. The summed E-state index contributed by atoms with van der Waals surface area (Å²) in [5, 5.41) is 6.14. The van der Waals surface area contributed by atoms with Crippen LogP contribution in [0.15, 0.2) is 4.99 Å². The minimum Gasteiger partial charge on any atom is -0.377 e. The molecule has 1 aliphatic rings. The maximum atomic E-state index is 11.6. The zero-order valence-electron chi connectivity index (χ0n) is 17.8. The molecule has 8 heteroatoms. The van der Waals surface area contributed by atoms with Crippen LogP contribution in [0.5, 0.6) is 0 Å². The second-order valence-electron chi connectivity index (χ2n) is 7.17. The fraction of sp³-hybridized carbons (Fsp3) is 0.895. The molecule has 1 aliphatic heterocycles. The molecule has 160 valence electrons. The fourth-order valence-corrected chi connectivity index (χ4v) is 3.19. The van der Waals surface area contributed by atoms with Gasteiger partial charge in [0.2, 0.25) is 5.91 Å². The largest absolute Gasteiger partial charge is 0.377 e. The number of likely N-dealkylation sites (tertiary alicyclic amines) is 1. The Morgan fingerprint density at radius 2 is 1.96 bits per heavy atom. The van der Waals surface area contributed by atoms with Gasteiger partial charge in [0.15, 0.2) is 5.96 Å². The molecule has 1 atom stereocenters. The Hall–Kier alpha value is -0.610. The van der Waals surface area contributed by atoms with Gasteiger partial charge < -0.3 is 25.2 Å². The maximum Gasteiger partial charge on any atom is 0.220 e. The van der Waals surface area contributed by atoms with Gasteiger partial charge in [-0.3, -0.25) is 9.79 Å². The molecular weight excluding hydrogens is 457 g/mol. The van der Waals surface area contributed by atoms with Crippen molar-refractivity contribution in [2.24, 2.45) is 10.9 Å². The number of piperidine rings is 1. The van der Waals surface area contributed by atoms with Crippen molar-refractivity contribution in [1.29, 1.82) is 0 Å². The number of guanidine groups is 1. The lowest BCUT2D eigenvalue weighted by Gasteiger charge is -2.34. The van der Waals surface area contributed by atoms with Gasteiger partial charge in [-0.2, -0.15) is 0 Å². The highest BCUT2D eigenvalue weighted by Crippen LogP contribution is 2.20. The lowest BCUT2D eigenvalue weighted by molar-refractivity contribution is -0.121. The molecular formula is C19H40IN5O2. The Morgan fingerprint density at radius 3 is 2.48 bits per heavy atom. The van der Waals surface area contributed by atoms with Crippen molar-refractivity contribution >= 4 is 35.8 Å². The number of carbonyl (C=O) groups is 1. The van der Waals surface area contributed by atoms with E-state index >= 15 is 0 Å². The Kier molecular flexibility index (Phi) is 15.0. The van der Waals surface area contributed by atoms with Crippen molar-refractivity contribution in [2.45, 2.75) is 45.6 Å². The van der Waals surface area contributed by atoms with E-state index in [9.17, 15) is 4.79 Å². The number of aliphatic imine (C=N–C) groups is 1. The van der Waals surface area contributed by atoms with E-state index in [0.29, 0.717) is 18.9 Å². The highest BCUT2D eigenvalue weighted by Gasteiger charge is 2.23. The van der Waals surface area contributed by atoms with Crippen LogP contribution in [-0.4, -0.2) is 88.2 Å². The summed E-state index contributed by atoms with van der Waals surface area (Å²) in [5.41, 5.74) is 0. The van der Waals surface area contributed by atoms with E-state index in [1.54, 1.807) is 7.05 Å². The fourth-order valence-electron chi connectivity index (χ4n) is 3.19. The Morgan fingerprint density at radius 1 is 1.30 bits per heavy atom. The highest BCUT2D eigenvalue weighted by atomic mass is 127. The number of ether oxygens (including phenoxy) is 1. The number of amides is 1. The van der Waals surface area contributed by atoms with Crippen molar-refractivity contribution in [3.05, 3.63) is 0 Å². The van der Waals surface area contributed by atoms with Gasteiger partial charge >= 0.3 is 0 Å². The highest BCUT2D eigenvalue weighted by molar-refractivity contribution is 14.0. The Balaban J connectivity index is 0.00000676. The van der Waals surface area contributed by atoms with Crippen LogP contribution >= 0.6 is 24.0 Å². The summed E-state index contributed by atoms with van der Waals surface area (Å²) in [7, 11) is 5.87. The number of hydrogen-bond donors (Lipinski definition) is 2. The summed E-state index contributed by atoms with van der Waals surface area (Å²) in [6.45, 7) is 9.29. The molecule has 1 fully saturated rings. The summed E-state index contributed by atoms with van der Waals surface area (Å²) in [6, 6.07) is 0. The van der Waals surface area contributed by atoms with Crippen LogP contribution in [0, 0.1) is 5.92 Å². The molecule has 0 aromatic heterocycles. The number of rotatable bonds is 10. The molecule has 0 spiro atoms. The summed E-state index contributed by atoms with van der Waals surface area (Å²) in [6.07, 6.45) is 3.84. The summed E-state index contributed by atoms with van der Waals surface area (Å²) in [5.74, 6) is 1.59. The van der Waals surface area contributed by atoms with Crippen molar-refractivity contribution in [3.63, 3.8) is 0 Å². The van der Waals surface area contributed by atoms with Crippen LogP contribution in [0.4, 0.5) is 0 Å².